The number of pyridine rings is 1. The lowest BCUT2D eigenvalue weighted by Crippen LogP contribution is -2.19. The summed E-state index contributed by atoms with van der Waals surface area (Å²) in [6.07, 6.45) is 1.98. The van der Waals surface area contributed by atoms with Crippen LogP contribution in [0.1, 0.15) is 39.0 Å². The van der Waals surface area contributed by atoms with Crippen LogP contribution >= 0.6 is 0 Å². The van der Waals surface area contributed by atoms with E-state index in [0.29, 0.717) is 24.0 Å². The summed E-state index contributed by atoms with van der Waals surface area (Å²) in [7, 11) is 0. The zero-order valence-corrected chi connectivity index (χ0v) is 11.9. The fraction of sp³-hybridized carbons (Fsp3) is 0.500. The lowest BCUT2D eigenvalue weighted by atomic mass is 9.84. The highest BCUT2D eigenvalue weighted by Crippen LogP contribution is 2.30. The molecule has 1 unspecified atom stereocenters. The molecule has 0 spiro atoms. The van der Waals surface area contributed by atoms with Crippen LogP contribution in [0, 0.1) is 11.2 Å². The summed E-state index contributed by atoms with van der Waals surface area (Å²) >= 11 is 0. The Hall–Kier alpha value is -1.82. The smallest absolute Gasteiger partial charge is 0.231 e. The standard InChI is InChI=1S/C14H19FN4O/c1-14(2,3)6-9(7-16)13-18-12(19-20-13)11-5-4-10(15)8-17-11/h4-5,8-9H,6-7,16H2,1-3H3. The van der Waals surface area contributed by atoms with Crippen molar-refractivity contribution in [3.8, 4) is 11.5 Å². The van der Waals surface area contributed by atoms with Gasteiger partial charge in [0.2, 0.25) is 11.7 Å². The molecule has 20 heavy (non-hydrogen) atoms. The summed E-state index contributed by atoms with van der Waals surface area (Å²) in [5, 5.41) is 3.89. The highest BCUT2D eigenvalue weighted by atomic mass is 19.1. The van der Waals surface area contributed by atoms with Gasteiger partial charge in [-0.15, -0.1) is 0 Å². The van der Waals surface area contributed by atoms with Crippen LogP contribution in [0.25, 0.3) is 11.5 Å². The van der Waals surface area contributed by atoms with Crippen molar-refractivity contribution < 1.29 is 8.91 Å². The molecular weight excluding hydrogens is 259 g/mol. The number of rotatable bonds is 4. The van der Waals surface area contributed by atoms with Gasteiger partial charge >= 0.3 is 0 Å². The lowest BCUT2D eigenvalue weighted by molar-refractivity contribution is 0.287. The van der Waals surface area contributed by atoms with Gasteiger partial charge < -0.3 is 10.3 Å². The first-order chi connectivity index (χ1) is 9.39. The van der Waals surface area contributed by atoms with Gasteiger partial charge in [-0.3, -0.25) is 0 Å². The van der Waals surface area contributed by atoms with Gasteiger partial charge in [0.25, 0.3) is 0 Å². The molecule has 108 valence electrons. The zero-order chi connectivity index (χ0) is 14.8. The van der Waals surface area contributed by atoms with E-state index in [1.165, 1.54) is 12.1 Å². The van der Waals surface area contributed by atoms with Crippen molar-refractivity contribution in [1.29, 1.82) is 0 Å². The normalized spacial score (nSPS) is 13.4. The average Bonchev–Trinajstić information content (AvgIpc) is 2.85. The second-order valence-electron chi connectivity index (χ2n) is 6.02. The Kier molecular flexibility index (Phi) is 4.13. The fourth-order valence-electron chi connectivity index (χ4n) is 2.02. The third kappa shape index (κ3) is 3.60. The zero-order valence-electron chi connectivity index (χ0n) is 11.9. The van der Waals surface area contributed by atoms with Crippen molar-refractivity contribution in [3.63, 3.8) is 0 Å². The number of hydrogen-bond donors (Lipinski definition) is 1. The van der Waals surface area contributed by atoms with Crippen molar-refractivity contribution >= 4 is 0 Å². The van der Waals surface area contributed by atoms with E-state index in [1.807, 2.05) is 0 Å². The summed E-state index contributed by atoms with van der Waals surface area (Å²) in [6, 6.07) is 2.83. The number of halogens is 1. The van der Waals surface area contributed by atoms with Crippen LogP contribution < -0.4 is 5.73 Å². The Balaban J connectivity index is 2.21. The van der Waals surface area contributed by atoms with E-state index in [4.69, 9.17) is 10.3 Å². The molecular formula is C14H19FN4O. The largest absolute Gasteiger partial charge is 0.339 e. The minimum atomic E-state index is -0.398. The van der Waals surface area contributed by atoms with Gasteiger partial charge in [-0.2, -0.15) is 4.98 Å². The third-order valence-corrected chi connectivity index (χ3v) is 2.89. The molecule has 0 aliphatic carbocycles. The van der Waals surface area contributed by atoms with Crippen LogP contribution in [0.5, 0.6) is 0 Å². The summed E-state index contributed by atoms with van der Waals surface area (Å²) in [5.41, 5.74) is 6.38. The number of aromatic nitrogens is 3. The average molecular weight is 278 g/mol. The minimum Gasteiger partial charge on any atom is -0.339 e. The first kappa shape index (κ1) is 14.6. The third-order valence-electron chi connectivity index (χ3n) is 2.89. The molecule has 2 rings (SSSR count). The van der Waals surface area contributed by atoms with Gasteiger partial charge in [-0.1, -0.05) is 25.9 Å². The Morgan fingerprint density at radius 3 is 2.65 bits per heavy atom. The van der Waals surface area contributed by atoms with E-state index in [0.717, 1.165) is 12.6 Å². The number of nitrogens with zero attached hydrogens (tertiary/aromatic N) is 3. The van der Waals surface area contributed by atoms with E-state index >= 15 is 0 Å². The Morgan fingerprint density at radius 2 is 2.10 bits per heavy atom. The van der Waals surface area contributed by atoms with Crippen molar-refractivity contribution in [2.75, 3.05) is 6.54 Å². The van der Waals surface area contributed by atoms with Crippen molar-refractivity contribution in [3.05, 3.63) is 30.0 Å². The first-order valence-corrected chi connectivity index (χ1v) is 6.54. The van der Waals surface area contributed by atoms with Crippen LogP contribution in [0.3, 0.4) is 0 Å². The van der Waals surface area contributed by atoms with Crippen molar-refractivity contribution in [2.24, 2.45) is 11.1 Å². The molecule has 0 radical (unpaired) electrons. The Morgan fingerprint density at radius 1 is 1.35 bits per heavy atom. The van der Waals surface area contributed by atoms with Crippen LogP contribution in [-0.4, -0.2) is 21.7 Å². The first-order valence-electron chi connectivity index (χ1n) is 6.54. The van der Waals surface area contributed by atoms with E-state index in [9.17, 15) is 4.39 Å². The Labute approximate surface area is 117 Å². The second kappa shape index (κ2) is 5.66. The molecule has 6 heteroatoms. The summed E-state index contributed by atoms with van der Waals surface area (Å²) < 4.78 is 18.1. The molecule has 0 saturated heterocycles. The van der Waals surface area contributed by atoms with Gasteiger partial charge in [-0.05, 0) is 24.0 Å². The molecule has 1 atom stereocenters. The van der Waals surface area contributed by atoms with Gasteiger partial charge in [0.05, 0.1) is 12.1 Å². The summed E-state index contributed by atoms with van der Waals surface area (Å²) in [5.74, 6) is 0.470. The maximum absolute atomic E-state index is 12.8. The SMILES string of the molecule is CC(C)(C)CC(CN)c1nc(-c2ccc(F)cn2)no1. The van der Waals surface area contributed by atoms with Gasteiger partial charge in [0.15, 0.2) is 0 Å². The molecule has 2 aromatic heterocycles. The van der Waals surface area contributed by atoms with E-state index in [2.05, 4.69) is 35.9 Å². The molecule has 2 N–H and O–H groups in total. The number of nitrogens with two attached hydrogens (primary N) is 1. The lowest BCUT2D eigenvalue weighted by Gasteiger charge is -2.22. The summed E-state index contributed by atoms with van der Waals surface area (Å²) in [4.78, 5) is 8.25. The fourth-order valence-corrected chi connectivity index (χ4v) is 2.02. The maximum atomic E-state index is 12.8. The highest BCUT2D eigenvalue weighted by Gasteiger charge is 2.24. The van der Waals surface area contributed by atoms with Gasteiger partial charge in [0.1, 0.15) is 11.5 Å². The van der Waals surface area contributed by atoms with E-state index < -0.39 is 5.82 Å². The Bertz CT molecular complexity index is 559. The molecule has 5 nitrogen and oxygen atoms in total. The predicted octanol–water partition coefficient (Wildman–Crippen LogP) is 2.75. The quantitative estimate of drug-likeness (QED) is 0.930. The molecule has 0 fully saturated rings. The van der Waals surface area contributed by atoms with Crippen LogP contribution in [0.4, 0.5) is 4.39 Å². The van der Waals surface area contributed by atoms with Crippen molar-refractivity contribution in [1.82, 2.24) is 15.1 Å². The predicted molar refractivity (Wildman–Crippen MR) is 73.4 cm³/mol. The second-order valence-corrected chi connectivity index (χ2v) is 6.02. The molecule has 0 saturated carbocycles. The minimum absolute atomic E-state index is 0.0108. The summed E-state index contributed by atoms with van der Waals surface area (Å²) in [6.45, 7) is 6.84. The van der Waals surface area contributed by atoms with E-state index in [1.54, 1.807) is 0 Å². The molecule has 0 aliphatic heterocycles. The van der Waals surface area contributed by atoms with Gasteiger partial charge in [-0.25, -0.2) is 9.37 Å². The van der Waals surface area contributed by atoms with Gasteiger partial charge in [0, 0.05) is 6.54 Å². The topological polar surface area (TPSA) is 77.8 Å². The highest BCUT2D eigenvalue weighted by molar-refractivity contribution is 5.47. The van der Waals surface area contributed by atoms with E-state index in [-0.39, 0.29) is 11.3 Å². The number of hydrogen-bond acceptors (Lipinski definition) is 5. The monoisotopic (exact) mass is 278 g/mol. The van der Waals surface area contributed by atoms with Crippen LogP contribution in [0.15, 0.2) is 22.9 Å². The van der Waals surface area contributed by atoms with Crippen LogP contribution in [0.2, 0.25) is 0 Å². The maximum Gasteiger partial charge on any atom is 0.231 e. The van der Waals surface area contributed by atoms with Crippen LogP contribution in [-0.2, 0) is 0 Å². The van der Waals surface area contributed by atoms with Crippen molar-refractivity contribution in [2.45, 2.75) is 33.1 Å². The molecule has 0 aromatic carbocycles. The molecule has 2 aromatic rings. The molecule has 2 heterocycles. The molecule has 0 bridgehead atoms. The molecule has 0 aliphatic rings. The molecule has 0 amide bonds.